The topological polar surface area (TPSA) is 73.2 Å². The summed E-state index contributed by atoms with van der Waals surface area (Å²) in [7, 11) is 0. The fourth-order valence-electron chi connectivity index (χ4n) is 3.74. The van der Waals surface area contributed by atoms with Crippen molar-refractivity contribution in [3.8, 4) is 0 Å². The summed E-state index contributed by atoms with van der Waals surface area (Å²) in [5.74, 6) is 0. The summed E-state index contributed by atoms with van der Waals surface area (Å²) >= 11 is 0. The molecule has 0 bridgehead atoms. The predicted molar refractivity (Wildman–Crippen MR) is 78.4 cm³/mol. The van der Waals surface area contributed by atoms with Crippen molar-refractivity contribution in [2.45, 2.75) is 24.9 Å². The van der Waals surface area contributed by atoms with E-state index >= 15 is 0 Å². The lowest BCUT2D eigenvalue weighted by molar-refractivity contribution is -0.215. The lowest BCUT2D eigenvalue weighted by atomic mass is 10.1. The third kappa shape index (κ3) is 1.50. The van der Waals surface area contributed by atoms with E-state index in [4.69, 9.17) is 4.74 Å². The maximum atomic E-state index is 12.9. The first-order chi connectivity index (χ1) is 11.2. The molecule has 0 saturated carbocycles. The number of carbonyl (C=O) groups is 1. The van der Waals surface area contributed by atoms with Crippen molar-refractivity contribution in [3.63, 3.8) is 0 Å². The van der Waals surface area contributed by atoms with E-state index in [0.717, 1.165) is 11.1 Å². The monoisotopic (exact) mass is 310 g/mol. The average Bonchev–Trinajstić information content (AvgIpc) is 3.03. The van der Waals surface area contributed by atoms with Crippen molar-refractivity contribution < 1.29 is 19.7 Å². The summed E-state index contributed by atoms with van der Waals surface area (Å²) in [5, 5.41) is 21.0. The Kier molecular flexibility index (Phi) is 2.45. The van der Waals surface area contributed by atoms with Crippen LogP contribution in [0.5, 0.6) is 0 Å². The van der Waals surface area contributed by atoms with E-state index in [1.807, 2.05) is 36.4 Å². The first-order valence-electron chi connectivity index (χ1n) is 7.48. The molecule has 0 spiro atoms. The van der Waals surface area contributed by atoms with Crippen LogP contribution < -0.4 is 0 Å². The second-order valence-corrected chi connectivity index (χ2v) is 5.94. The molecule has 1 fully saturated rings. The van der Waals surface area contributed by atoms with Gasteiger partial charge < -0.3 is 14.9 Å². The van der Waals surface area contributed by atoms with Crippen LogP contribution in [0.15, 0.2) is 48.5 Å². The number of hydrogen-bond acceptors (Lipinski definition) is 4. The van der Waals surface area contributed by atoms with Crippen LogP contribution in [0.4, 0.5) is 4.79 Å². The number of fused-ring (bicyclic) bond motifs is 6. The van der Waals surface area contributed by atoms with Gasteiger partial charge in [0.05, 0.1) is 0 Å². The summed E-state index contributed by atoms with van der Waals surface area (Å²) in [4.78, 5) is 15.4. The van der Waals surface area contributed by atoms with Crippen LogP contribution in [-0.4, -0.2) is 26.0 Å². The third-order valence-electron chi connectivity index (χ3n) is 4.81. The molecule has 5 rings (SSSR count). The second kappa shape index (κ2) is 4.32. The molecule has 6 nitrogen and oxygen atoms in total. The van der Waals surface area contributed by atoms with Gasteiger partial charge in [-0.05, 0) is 0 Å². The normalized spacial score (nSPS) is 30.8. The Balaban J connectivity index is 1.65. The molecule has 2 amide bonds. The molecule has 116 valence electrons. The van der Waals surface area contributed by atoms with Gasteiger partial charge in [0.1, 0.15) is 0 Å². The molecular formula is C17H14N2O4. The molecule has 2 aromatic rings. The molecule has 4 atom stereocenters. The number of carbonyl (C=O) groups excluding carboxylic acids is 1. The number of aliphatic hydroxyl groups is 2. The molecule has 1 saturated heterocycles. The van der Waals surface area contributed by atoms with Crippen LogP contribution in [0.3, 0.4) is 0 Å². The highest BCUT2D eigenvalue weighted by molar-refractivity contribution is 5.79. The largest absolute Gasteiger partial charge is 0.369 e. The van der Waals surface area contributed by atoms with E-state index in [9.17, 15) is 15.0 Å². The number of rotatable bonds is 0. The Bertz CT molecular complexity index is 758. The molecule has 3 heterocycles. The fourth-order valence-corrected chi connectivity index (χ4v) is 3.74. The van der Waals surface area contributed by atoms with Crippen molar-refractivity contribution >= 4 is 6.03 Å². The zero-order chi connectivity index (χ0) is 15.7. The van der Waals surface area contributed by atoms with Gasteiger partial charge in [-0.1, -0.05) is 48.5 Å². The van der Waals surface area contributed by atoms with E-state index in [0.29, 0.717) is 11.1 Å². The van der Waals surface area contributed by atoms with Crippen LogP contribution in [0.25, 0.3) is 0 Å². The summed E-state index contributed by atoms with van der Waals surface area (Å²) < 4.78 is 6.11. The standard InChI is InChI=1S/C17H14N2O4/c20-13-9-5-1-3-7-11(9)15-18(13)17(22)19-14(21)10-6-2-4-8-12(10)16(19)23-15/h1-8,13-16,20-21H/t13-,14+,15-,16-/m0/s1. The molecule has 2 aromatic carbocycles. The van der Waals surface area contributed by atoms with Gasteiger partial charge in [-0.2, -0.15) is 0 Å². The van der Waals surface area contributed by atoms with E-state index in [-0.39, 0.29) is 0 Å². The van der Waals surface area contributed by atoms with Gasteiger partial charge in [-0.25, -0.2) is 4.79 Å². The van der Waals surface area contributed by atoms with Crippen LogP contribution in [0, 0.1) is 0 Å². The smallest absolute Gasteiger partial charge is 0.329 e. The lowest BCUT2D eigenvalue weighted by Crippen LogP contribution is -2.50. The molecule has 3 aliphatic heterocycles. The number of amides is 2. The number of ether oxygens (including phenoxy) is 1. The minimum atomic E-state index is -1.07. The van der Waals surface area contributed by atoms with Gasteiger partial charge >= 0.3 is 6.03 Å². The summed E-state index contributed by atoms with van der Waals surface area (Å²) in [6.07, 6.45) is -3.43. The highest BCUT2D eigenvalue weighted by Gasteiger charge is 2.54. The van der Waals surface area contributed by atoms with Crippen LogP contribution >= 0.6 is 0 Å². The highest BCUT2D eigenvalue weighted by atomic mass is 16.6. The molecule has 23 heavy (non-hydrogen) atoms. The number of benzene rings is 2. The van der Waals surface area contributed by atoms with Crippen LogP contribution in [-0.2, 0) is 4.74 Å². The van der Waals surface area contributed by atoms with E-state index < -0.39 is 30.9 Å². The summed E-state index contributed by atoms with van der Waals surface area (Å²) in [6, 6.07) is 14.2. The molecule has 3 aliphatic rings. The highest BCUT2D eigenvalue weighted by Crippen LogP contribution is 2.53. The van der Waals surface area contributed by atoms with E-state index in [1.165, 1.54) is 9.80 Å². The Morgan fingerprint density at radius 2 is 1.13 bits per heavy atom. The van der Waals surface area contributed by atoms with Crippen molar-refractivity contribution in [3.05, 3.63) is 70.8 Å². The first kappa shape index (κ1) is 13.1. The van der Waals surface area contributed by atoms with Gasteiger partial charge in [-0.15, -0.1) is 0 Å². The zero-order valence-electron chi connectivity index (χ0n) is 12.0. The molecule has 0 aromatic heterocycles. The third-order valence-corrected chi connectivity index (χ3v) is 4.81. The molecule has 0 radical (unpaired) electrons. The predicted octanol–water partition coefficient (Wildman–Crippen LogP) is 2.15. The molecule has 0 aliphatic carbocycles. The maximum Gasteiger partial charge on any atom is 0.329 e. The van der Waals surface area contributed by atoms with Gasteiger partial charge in [0.2, 0.25) is 0 Å². The SMILES string of the molecule is O=C1N2[C@H](O)c3ccccc3[C@@H]2O[C@H]2c3ccccc3[C@H](O)N12. The van der Waals surface area contributed by atoms with Crippen LogP contribution in [0.1, 0.15) is 47.2 Å². The molecule has 2 N–H and O–H groups in total. The number of hydrogen-bond donors (Lipinski definition) is 2. The molecular weight excluding hydrogens is 296 g/mol. The fraction of sp³-hybridized carbons (Fsp3) is 0.235. The Labute approximate surface area is 132 Å². The maximum absolute atomic E-state index is 12.9. The number of nitrogens with zero attached hydrogens (tertiary/aromatic N) is 2. The number of urea groups is 1. The van der Waals surface area contributed by atoms with Gasteiger partial charge in [0.25, 0.3) is 0 Å². The van der Waals surface area contributed by atoms with Crippen molar-refractivity contribution in [2.24, 2.45) is 0 Å². The van der Waals surface area contributed by atoms with Gasteiger partial charge in [0.15, 0.2) is 24.9 Å². The molecule has 0 unspecified atom stereocenters. The van der Waals surface area contributed by atoms with Gasteiger partial charge in [0, 0.05) is 22.3 Å². The van der Waals surface area contributed by atoms with Crippen molar-refractivity contribution in [2.75, 3.05) is 0 Å². The Morgan fingerprint density at radius 3 is 1.57 bits per heavy atom. The minimum Gasteiger partial charge on any atom is -0.369 e. The van der Waals surface area contributed by atoms with E-state index in [1.54, 1.807) is 12.1 Å². The summed E-state index contributed by atoms with van der Waals surface area (Å²) in [5.41, 5.74) is 2.89. The minimum absolute atomic E-state index is 0.432. The van der Waals surface area contributed by atoms with Crippen molar-refractivity contribution in [1.82, 2.24) is 9.80 Å². The quantitative estimate of drug-likeness (QED) is 0.782. The number of aliphatic hydroxyl groups excluding tert-OH is 2. The van der Waals surface area contributed by atoms with Crippen LogP contribution in [0.2, 0.25) is 0 Å². The second-order valence-electron chi connectivity index (χ2n) is 5.94. The Hall–Kier alpha value is -2.41. The Morgan fingerprint density at radius 1 is 0.739 bits per heavy atom. The summed E-state index contributed by atoms with van der Waals surface area (Å²) in [6.45, 7) is 0. The van der Waals surface area contributed by atoms with E-state index in [2.05, 4.69) is 0 Å². The van der Waals surface area contributed by atoms with Crippen molar-refractivity contribution in [1.29, 1.82) is 0 Å². The first-order valence-corrected chi connectivity index (χ1v) is 7.48. The lowest BCUT2D eigenvalue weighted by Gasteiger charge is -2.42. The molecule has 6 heteroatoms. The van der Waals surface area contributed by atoms with Gasteiger partial charge in [-0.3, -0.25) is 9.80 Å². The average molecular weight is 310 g/mol. The zero-order valence-corrected chi connectivity index (χ0v) is 12.0.